The summed E-state index contributed by atoms with van der Waals surface area (Å²) in [5.41, 5.74) is 1.07. The van der Waals surface area contributed by atoms with Gasteiger partial charge < -0.3 is 9.15 Å². The number of esters is 1. The Morgan fingerprint density at radius 1 is 1.36 bits per heavy atom. The summed E-state index contributed by atoms with van der Waals surface area (Å²) in [6, 6.07) is 2.17. The topological polar surface area (TPSA) is 51.8 Å². The number of ether oxygens (including phenoxy) is 1. The molecule has 1 aliphatic heterocycles. The van der Waals surface area contributed by atoms with Crippen LogP contribution in [-0.4, -0.2) is 25.8 Å². The SMILES string of the molecule is COC(=O)[C@@]12C=NCC3(CCC1)[C@H]2CC[C@H]1[C@@H](C)c2ccoc2C[C@@H]13. The molecule has 0 spiro atoms. The Morgan fingerprint density at radius 2 is 2.24 bits per heavy atom. The third kappa shape index (κ3) is 1.83. The van der Waals surface area contributed by atoms with Crippen LogP contribution in [0.2, 0.25) is 0 Å². The molecule has 1 aromatic heterocycles. The first-order valence-corrected chi connectivity index (χ1v) is 9.78. The molecule has 2 fully saturated rings. The number of furan rings is 1. The zero-order chi connectivity index (χ0) is 17.2. The average molecular weight is 341 g/mol. The number of methoxy groups -OCH3 is 1. The maximum absolute atomic E-state index is 12.8. The molecule has 1 aromatic rings. The van der Waals surface area contributed by atoms with Gasteiger partial charge in [0.25, 0.3) is 0 Å². The lowest BCUT2D eigenvalue weighted by molar-refractivity contribution is -0.168. The van der Waals surface area contributed by atoms with Crippen LogP contribution in [0, 0.1) is 28.6 Å². The van der Waals surface area contributed by atoms with Crippen LogP contribution in [-0.2, 0) is 16.0 Å². The van der Waals surface area contributed by atoms with Crippen molar-refractivity contribution in [2.24, 2.45) is 33.6 Å². The lowest BCUT2D eigenvalue weighted by atomic mass is 9.42. The molecular weight excluding hydrogens is 314 g/mol. The van der Waals surface area contributed by atoms with Crippen LogP contribution in [0.4, 0.5) is 0 Å². The molecular formula is C21H27NO3. The summed E-state index contributed by atoms with van der Waals surface area (Å²) in [5, 5.41) is 0. The van der Waals surface area contributed by atoms with Crippen LogP contribution in [0.1, 0.15) is 56.3 Å². The quantitative estimate of drug-likeness (QED) is 0.726. The Kier molecular flexibility index (Phi) is 3.27. The highest BCUT2D eigenvalue weighted by Gasteiger charge is 2.65. The minimum Gasteiger partial charge on any atom is -0.469 e. The van der Waals surface area contributed by atoms with E-state index in [9.17, 15) is 4.79 Å². The van der Waals surface area contributed by atoms with Gasteiger partial charge in [0, 0.05) is 19.2 Å². The largest absolute Gasteiger partial charge is 0.469 e. The average Bonchev–Trinajstić information content (AvgIpc) is 3.09. The van der Waals surface area contributed by atoms with Crippen LogP contribution in [0.15, 0.2) is 21.7 Å². The molecule has 2 heterocycles. The molecule has 25 heavy (non-hydrogen) atoms. The van der Waals surface area contributed by atoms with Gasteiger partial charge in [0.05, 0.1) is 13.4 Å². The minimum atomic E-state index is -0.483. The number of carbonyl (C=O) groups is 1. The van der Waals surface area contributed by atoms with Crippen LogP contribution in [0.3, 0.4) is 0 Å². The van der Waals surface area contributed by atoms with E-state index in [1.807, 2.05) is 12.5 Å². The summed E-state index contributed by atoms with van der Waals surface area (Å²) in [5.74, 6) is 3.29. The second-order valence-corrected chi connectivity index (χ2v) is 8.78. The summed E-state index contributed by atoms with van der Waals surface area (Å²) in [6.45, 7) is 3.24. The molecule has 0 radical (unpaired) electrons. The van der Waals surface area contributed by atoms with Crippen LogP contribution in [0.5, 0.6) is 0 Å². The van der Waals surface area contributed by atoms with Gasteiger partial charge in [-0.25, -0.2) is 0 Å². The molecule has 0 amide bonds. The fraction of sp³-hybridized carbons (Fsp3) is 0.714. The van der Waals surface area contributed by atoms with Gasteiger partial charge in [-0.3, -0.25) is 9.79 Å². The van der Waals surface area contributed by atoms with Crippen LogP contribution in [0.25, 0.3) is 0 Å². The van der Waals surface area contributed by atoms with E-state index in [1.54, 1.807) is 0 Å². The van der Waals surface area contributed by atoms with E-state index in [-0.39, 0.29) is 11.4 Å². The van der Waals surface area contributed by atoms with Crippen molar-refractivity contribution in [2.75, 3.05) is 13.7 Å². The molecule has 5 rings (SSSR count). The van der Waals surface area contributed by atoms with Crippen molar-refractivity contribution in [2.45, 2.75) is 51.4 Å². The summed E-state index contributed by atoms with van der Waals surface area (Å²) >= 11 is 0. The minimum absolute atomic E-state index is 0.0639. The summed E-state index contributed by atoms with van der Waals surface area (Å²) in [6.07, 6.45) is 10.3. The van der Waals surface area contributed by atoms with E-state index in [1.165, 1.54) is 31.3 Å². The van der Waals surface area contributed by atoms with Gasteiger partial charge >= 0.3 is 5.97 Å². The van der Waals surface area contributed by atoms with E-state index in [2.05, 4.69) is 13.0 Å². The Balaban J connectivity index is 1.61. The number of aliphatic imine (C=N–C) groups is 1. The van der Waals surface area contributed by atoms with Crippen LogP contribution >= 0.6 is 0 Å². The lowest BCUT2D eigenvalue weighted by Gasteiger charge is -2.63. The first kappa shape index (κ1) is 15.7. The van der Waals surface area contributed by atoms with Crippen molar-refractivity contribution < 1.29 is 13.9 Å². The van der Waals surface area contributed by atoms with Crippen molar-refractivity contribution in [3.63, 3.8) is 0 Å². The highest BCUT2D eigenvalue weighted by Crippen LogP contribution is 2.66. The number of rotatable bonds is 1. The molecule has 2 saturated carbocycles. The Bertz CT molecular complexity index is 737. The maximum atomic E-state index is 12.8. The Morgan fingerprint density at radius 3 is 3.08 bits per heavy atom. The number of hydrogen-bond acceptors (Lipinski definition) is 4. The molecule has 3 aliphatic carbocycles. The second-order valence-electron chi connectivity index (χ2n) is 8.78. The Hall–Kier alpha value is -1.58. The van der Waals surface area contributed by atoms with Gasteiger partial charge in [-0.1, -0.05) is 13.3 Å². The predicted octanol–water partition coefficient (Wildman–Crippen LogP) is 4.00. The number of nitrogens with zero attached hydrogens (tertiary/aromatic N) is 1. The molecule has 0 N–H and O–H groups in total. The Labute approximate surface area is 149 Å². The molecule has 134 valence electrons. The third-order valence-electron chi connectivity index (χ3n) is 8.18. The fourth-order valence-corrected chi connectivity index (χ4v) is 7.18. The van der Waals surface area contributed by atoms with Gasteiger partial charge in [0.2, 0.25) is 0 Å². The molecule has 0 saturated heterocycles. The van der Waals surface area contributed by atoms with Crippen LogP contribution < -0.4 is 0 Å². The second kappa shape index (κ2) is 5.21. The molecule has 1 unspecified atom stereocenters. The van der Waals surface area contributed by atoms with Crippen molar-refractivity contribution in [1.29, 1.82) is 0 Å². The first-order valence-electron chi connectivity index (χ1n) is 9.78. The summed E-state index contributed by atoms with van der Waals surface area (Å²) in [4.78, 5) is 17.6. The number of hydrogen-bond donors (Lipinski definition) is 0. The van der Waals surface area contributed by atoms with Crippen molar-refractivity contribution >= 4 is 12.2 Å². The zero-order valence-electron chi connectivity index (χ0n) is 15.2. The van der Waals surface area contributed by atoms with E-state index in [4.69, 9.17) is 14.1 Å². The van der Waals surface area contributed by atoms with Gasteiger partial charge in [-0.15, -0.1) is 0 Å². The molecule has 4 heteroatoms. The van der Waals surface area contributed by atoms with Gasteiger partial charge in [0.15, 0.2) is 0 Å². The standard InChI is InChI=1S/C21H27NO3/c1-13-14-4-5-18-20(16(14)10-17-15(13)6-9-25-17)7-3-8-21(18,12-22-11-20)19(23)24-2/h6,9,12-14,16,18H,3-5,7-8,10-11H2,1-2H3/t13-,14+,16+,18-,20?,21-/m1/s1. The van der Waals surface area contributed by atoms with Gasteiger partial charge in [0.1, 0.15) is 11.2 Å². The first-order chi connectivity index (χ1) is 12.1. The number of carbonyl (C=O) groups excluding carboxylic acids is 1. The molecule has 0 aromatic carbocycles. The lowest BCUT2D eigenvalue weighted by Crippen LogP contribution is -2.62. The van der Waals surface area contributed by atoms with Gasteiger partial charge in [-0.05, 0) is 66.4 Å². The summed E-state index contributed by atoms with van der Waals surface area (Å²) in [7, 11) is 1.53. The number of fused-ring (bicyclic) bond motifs is 2. The fourth-order valence-electron chi connectivity index (χ4n) is 7.18. The highest BCUT2D eigenvalue weighted by atomic mass is 16.5. The maximum Gasteiger partial charge on any atom is 0.317 e. The van der Waals surface area contributed by atoms with E-state index in [0.29, 0.717) is 23.7 Å². The van der Waals surface area contributed by atoms with Crippen molar-refractivity contribution in [1.82, 2.24) is 0 Å². The molecule has 6 atom stereocenters. The van der Waals surface area contributed by atoms with E-state index >= 15 is 0 Å². The van der Waals surface area contributed by atoms with Crippen molar-refractivity contribution in [3.05, 3.63) is 23.7 Å². The third-order valence-corrected chi connectivity index (χ3v) is 8.18. The van der Waals surface area contributed by atoms with Crippen molar-refractivity contribution in [3.8, 4) is 0 Å². The zero-order valence-corrected chi connectivity index (χ0v) is 15.2. The molecule has 4 nitrogen and oxygen atoms in total. The van der Waals surface area contributed by atoms with E-state index < -0.39 is 5.41 Å². The smallest absolute Gasteiger partial charge is 0.317 e. The molecule has 2 bridgehead atoms. The van der Waals surface area contributed by atoms with E-state index in [0.717, 1.165) is 32.2 Å². The van der Waals surface area contributed by atoms with Gasteiger partial charge in [-0.2, -0.15) is 0 Å². The predicted molar refractivity (Wildman–Crippen MR) is 94.6 cm³/mol. The highest BCUT2D eigenvalue weighted by molar-refractivity contribution is 5.96. The summed E-state index contributed by atoms with van der Waals surface area (Å²) < 4.78 is 11.1. The monoisotopic (exact) mass is 341 g/mol. The normalized spacial score (nSPS) is 44.4. The molecule has 4 aliphatic rings.